The van der Waals surface area contributed by atoms with Crippen LogP contribution in [0.4, 0.5) is 0 Å². The van der Waals surface area contributed by atoms with Crippen molar-refractivity contribution in [3.05, 3.63) is 48.0 Å². The molecule has 1 aromatic heterocycles. The van der Waals surface area contributed by atoms with Gasteiger partial charge in [-0.2, -0.15) is 0 Å². The first-order chi connectivity index (χ1) is 6.29. The number of nitrogens with zero attached hydrogens (tertiary/aromatic N) is 1. The van der Waals surface area contributed by atoms with Crippen LogP contribution in [0.5, 0.6) is 0 Å². The van der Waals surface area contributed by atoms with Crippen LogP contribution in [0, 0.1) is 6.92 Å². The van der Waals surface area contributed by atoms with Crippen LogP contribution in [0.3, 0.4) is 0 Å². The van der Waals surface area contributed by atoms with Crippen molar-refractivity contribution in [3.8, 4) is 11.3 Å². The van der Waals surface area contributed by atoms with E-state index in [0.717, 1.165) is 5.56 Å². The third-order valence-corrected chi connectivity index (χ3v) is 2.13. The maximum atomic E-state index is 5.92. The number of aromatic nitrogens is 1. The minimum absolute atomic E-state index is 0.473. The predicted octanol–water partition coefficient (Wildman–Crippen LogP) is 3.18. The van der Waals surface area contributed by atoms with Crippen molar-refractivity contribution in [2.24, 2.45) is 0 Å². The van der Waals surface area contributed by atoms with Gasteiger partial charge >= 0.3 is 0 Å². The first-order valence-electron chi connectivity index (χ1n) is 3.81. The summed E-state index contributed by atoms with van der Waals surface area (Å²) in [5.41, 5.74) is 1.38. The molecular formula is C10H7ClNO. The van der Waals surface area contributed by atoms with E-state index in [1.165, 1.54) is 0 Å². The number of hydrogen-bond donors (Lipinski definition) is 0. The molecule has 0 saturated carbocycles. The molecule has 2 nitrogen and oxygen atoms in total. The van der Waals surface area contributed by atoms with E-state index >= 15 is 0 Å². The Kier molecular flexibility index (Phi) is 2.07. The van der Waals surface area contributed by atoms with E-state index in [1.54, 1.807) is 0 Å². The smallest absolute Gasteiger partial charge is 0.185 e. The predicted molar refractivity (Wildman–Crippen MR) is 51.4 cm³/mol. The van der Waals surface area contributed by atoms with E-state index < -0.39 is 0 Å². The van der Waals surface area contributed by atoms with Crippen molar-refractivity contribution < 1.29 is 4.52 Å². The quantitative estimate of drug-likeness (QED) is 0.694. The molecule has 2 aromatic rings. The summed E-state index contributed by atoms with van der Waals surface area (Å²) in [6.07, 6.45) is 0. The Hall–Kier alpha value is -1.28. The van der Waals surface area contributed by atoms with Crippen molar-refractivity contribution in [1.29, 1.82) is 0 Å². The van der Waals surface area contributed by atoms with E-state index in [4.69, 9.17) is 16.1 Å². The summed E-state index contributed by atoms with van der Waals surface area (Å²) in [5, 5.41) is 4.15. The van der Waals surface area contributed by atoms with Gasteiger partial charge in [0.2, 0.25) is 0 Å². The molecule has 1 heterocycles. The van der Waals surface area contributed by atoms with Crippen molar-refractivity contribution in [1.82, 2.24) is 5.16 Å². The zero-order valence-electron chi connectivity index (χ0n) is 6.83. The second-order valence-electron chi connectivity index (χ2n) is 2.64. The third-order valence-electron chi connectivity index (χ3n) is 1.74. The number of hydrogen-bond acceptors (Lipinski definition) is 2. The molecule has 0 N–H and O–H groups in total. The zero-order valence-corrected chi connectivity index (χ0v) is 7.58. The molecule has 2 rings (SSSR count). The maximum absolute atomic E-state index is 5.92. The molecule has 0 bridgehead atoms. The maximum Gasteiger partial charge on any atom is 0.185 e. The molecule has 13 heavy (non-hydrogen) atoms. The highest BCUT2D eigenvalue weighted by molar-refractivity contribution is 6.33. The fourth-order valence-corrected chi connectivity index (χ4v) is 1.26. The summed E-state index contributed by atoms with van der Waals surface area (Å²) in [6, 6.07) is 9.57. The summed E-state index contributed by atoms with van der Waals surface area (Å²) in [5.74, 6) is 0.576. The van der Waals surface area contributed by atoms with Gasteiger partial charge in [0.25, 0.3) is 0 Å². The molecule has 0 fully saturated rings. The number of rotatable bonds is 1. The number of halogens is 1. The van der Waals surface area contributed by atoms with Crippen LogP contribution in [-0.4, -0.2) is 5.16 Å². The zero-order chi connectivity index (χ0) is 9.26. The average molecular weight is 193 g/mol. The second-order valence-corrected chi connectivity index (χ2v) is 3.02. The highest BCUT2D eigenvalue weighted by Crippen LogP contribution is 2.29. The van der Waals surface area contributed by atoms with Crippen molar-refractivity contribution in [2.45, 2.75) is 0 Å². The monoisotopic (exact) mass is 192 g/mol. The Labute approximate surface area is 81.1 Å². The molecule has 0 aliphatic rings. The fourth-order valence-electron chi connectivity index (χ4n) is 1.08. The van der Waals surface area contributed by atoms with Gasteiger partial charge in [-0.1, -0.05) is 47.1 Å². The summed E-state index contributed by atoms with van der Waals surface area (Å²) in [7, 11) is 0. The van der Waals surface area contributed by atoms with E-state index in [2.05, 4.69) is 12.1 Å². The first-order valence-corrected chi connectivity index (χ1v) is 4.19. The number of benzene rings is 1. The first kappa shape index (κ1) is 8.32. The summed E-state index contributed by atoms with van der Waals surface area (Å²) < 4.78 is 5.04. The minimum atomic E-state index is 0.473. The Morgan fingerprint density at radius 3 is 2.46 bits per heavy atom. The molecule has 1 radical (unpaired) electrons. The van der Waals surface area contributed by atoms with Crippen molar-refractivity contribution >= 4 is 11.6 Å². The molecule has 0 amide bonds. The lowest BCUT2D eigenvalue weighted by molar-refractivity contribution is 0.429. The topological polar surface area (TPSA) is 26.0 Å². The summed E-state index contributed by atoms with van der Waals surface area (Å²) in [6.45, 7) is 3.63. The molecule has 0 spiro atoms. The fraction of sp³-hybridized carbons (Fsp3) is 0. The van der Waals surface area contributed by atoms with Gasteiger partial charge < -0.3 is 4.52 Å². The molecule has 65 valence electrons. The Bertz CT molecular complexity index is 408. The van der Waals surface area contributed by atoms with Crippen LogP contribution in [0.25, 0.3) is 11.3 Å². The van der Waals surface area contributed by atoms with E-state index in [0.29, 0.717) is 16.5 Å². The van der Waals surface area contributed by atoms with Crippen LogP contribution in [0.2, 0.25) is 5.02 Å². The normalized spacial score (nSPS) is 10.3. The Morgan fingerprint density at radius 2 is 1.92 bits per heavy atom. The summed E-state index contributed by atoms with van der Waals surface area (Å²) >= 11 is 5.92. The largest absolute Gasteiger partial charge is 0.354 e. The van der Waals surface area contributed by atoms with Crippen LogP contribution in [-0.2, 0) is 0 Å². The van der Waals surface area contributed by atoms with E-state index in [9.17, 15) is 0 Å². The van der Waals surface area contributed by atoms with Gasteiger partial charge in [-0.25, -0.2) is 0 Å². The molecule has 0 aliphatic heterocycles. The lowest BCUT2D eigenvalue weighted by Gasteiger charge is -1.93. The van der Waals surface area contributed by atoms with Crippen molar-refractivity contribution in [2.75, 3.05) is 0 Å². The lowest BCUT2D eigenvalue weighted by Crippen LogP contribution is -1.73. The molecule has 0 aliphatic carbocycles. The van der Waals surface area contributed by atoms with Crippen LogP contribution in [0.15, 0.2) is 34.9 Å². The highest BCUT2D eigenvalue weighted by Gasteiger charge is 2.11. The molecule has 0 saturated heterocycles. The van der Waals surface area contributed by atoms with Gasteiger partial charge in [-0.05, 0) is 0 Å². The molecule has 0 unspecified atom stereocenters. The van der Waals surface area contributed by atoms with E-state index in [-0.39, 0.29) is 0 Å². The standard InChI is InChI=1S/C10H7ClNO/c1-7-9(11)10(13-12-7)8-5-3-2-4-6-8/h2-6H,1H2. The molecular weight excluding hydrogens is 186 g/mol. The van der Waals surface area contributed by atoms with Crippen LogP contribution in [0.1, 0.15) is 5.69 Å². The van der Waals surface area contributed by atoms with E-state index in [1.807, 2.05) is 30.3 Å². The molecule has 1 aromatic carbocycles. The van der Waals surface area contributed by atoms with Gasteiger partial charge in [-0.15, -0.1) is 0 Å². The second kappa shape index (κ2) is 3.23. The molecule has 0 atom stereocenters. The van der Waals surface area contributed by atoms with Gasteiger partial charge in [0.15, 0.2) is 5.76 Å². The Balaban J connectivity index is 2.53. The minimum Gasteiger partial charge on any atom is -0.354 e. The highest BCUT2D eigenvalue weighted by atomic mass is 35.5. The average Bonchev–Trinajstić information content (AvgIpc) is 2.49. The van der Waals surface area contributed by atoms with Crippen molar-refractivity contribution in [3.63, 3.8) is 0 Å². The lowest BCUT2D eigenvalue weighted by atomic mass is 10.2. The van der Waals surface area contributed by atoms with Gasteiger partial charge in [0.1, 0.15) is 10.7 Å². The van der Waals surface area contributed by atoms with Gasteiger partial charge in [-0.3, -0.25) is 0 Å². The SMILES string of the molecule is [CH2]c1noc(-c2ccccc2)c1Cl. The van der Waals surface area contributed by atoms with Crippen LogP contribution < -0.4 is 0 Å². The van der Waals surface area contributed by atoms with Crippen LogP contribution >= 0.6 is 11.6 Å². The van der Waals surface area contributed by atoms with Gasteiger partial charge in [0, 0.05) is 12.5 Å². The third kappa shape index (κ3) is 1.45. The Morgan fingerprint density at radius 1 is 1.23 bits per heavy atom. The summed E-state index contributed by atoms with van der Waals surface area (Å²) in [4.78, 5) is 0. The van der Waals surface area contributed by atoms with Gasteiger partial charge in [0.05, 0.1) is 0 Å². The molecule has 3 heteroatoms.